The zero-order valence-corrected chi connectivity index (χ0v) is 10.3. The SMILES string of the molecule is C=CC(=O)OCC(CC1CCCO1)OC(=O)C=C. The molecule has 2 unspecified atom stereocenters. The summed E-state index contributed by atoms with van der Waals surface area (Å²) in [5.41, 5.74) is 0. The van der Waals surface area contributed by atoms with Crippen LogP contribution >= 0.6 is 0 Å². The summed E-state index contributed by atoms with van der Waals surface area (Å²) in [5, 5.41) is 0. The maximum Gasteiger partial charge on any atom is 0.330 e. The van der Waals surface area contributed by atoms with Crippen molar-refractivity contribution in [1.29, 1.82) is 0 Å². The number of hydrogen-bond acceptors (Lipinski definition) is 5. The van der Waals surface area contributed by atoms with Gasteiger partial charge < -0.3 is 14.2 Å². The summed E-state index contributed by atoms with van der Waals surface area (Å²) in [5.74, 6) is -1.07. The summed E-state index contributed by atoms with van der Waals surface area (Å²) in [7, 11) is 0. The average Bonchev–Trinajstić information content (AvgIpc) is 2.88. The predicted octanol–water partition coefficient (Wildman–Crippen LogP) is 1.38. The van der Waals surface area contributed by atoms with E-state index in [0.717, 1.165) is 31.6 Å². The highest BCUT2D eigenvalue weighted by Gasteiger charge is 2.24. The molecule has 18 heavy (non-hydrogen) atoms. The van der Waals surface area contributed by atoms with Gasteiger partial charge in [-0.3, -0.25) is 0 Å². The number of carbonyl (C=O) groups excluding carboxylic acids is 2. The van der Waals surface area contributed by atoms with Gasteiger partial charge in [-0.05, 0) is 12.8 Å². The smallest absolute Gasteiger partial charge is 0.330 e. The molecule has 100 valence electrons. The molecule has 1 aliphatic rings. The minimum Gasteiger partial charge on any atom is -0.459 e. The van der Waals surface area contributed by atoms with Gasteiger partial charge in [0, 0.05) is 25.2 Å². The normalized spacial score (nSPS) is 19.9. The summed E-state index contributed by atoms with van der Waals surface area (Å²) >= 11 is 0. The maximum atomic E-state index is 11.2. The number of carbonyl (C=O) groups is 2. The van der Waals surface area contributed by atoms with Crippen LogP contribution in [0.1, 0.15) is 19.3 Å². The van der Waals surface area contributed by atoms with Crippen molar-refractivity contribution in [3.05, 3.63) is 25.3 Å². The zero-order valence-electron chi connectivity index (χ0n) is 10.3. The topological polar surface area (TPSA) is 61.8 Å². The van der Waals surface area contributed by atoms with E-state index in [0.29, 0.717) is 6.42 Å². The second-order valence-corrected chi connectivity index (χ2v) is 3.97. The van der Waals surface area contributed by atoms with Crippen LogP contribution in [0.4, 0.5) is 0 Å². The molecule has 2 atom stereocenters. The Morgan fingerprint density at radius 3 is 2.61 bits per heavy atom. The third-order valence-electron chi connectivity index (χ3n) is 2.58. The van der Waals surface area contributed by atoms with Gasteiger partial charge in [0.2, 0.25) is 0 Å². The Bertz CT molecular complexity index is 317. The molecule has 0 saturated carbocycles. The van der Waals surface area contributed by atoms with Gasteiger partial charge in [-0.15, -0.1) is 0 Å². The van der Waals surface area contributed by atoms with Crippen LogP contribution in [0.3, 0.4) is 0 Å². The molecule has 0 aromatic carbocycles. The van der Waals surface area contributed by atoms with Crippen molar-refractivity contribution in [3.63, 3.8) is 0 Å². The third kappa shape index (κ3) is 5.14. The zero-order chi connectivity index (χ0) is 13.4. The highest BCUT2D eigenvalue weighted by molar-refractivity contribution is 5.82. The summed E-state index contributed by atoms with van der Waals surface area (Å²) < 4.78 is 15.4. The standard InChI is InChI=1S/C13H18O5/c1-3-12(14)17-9-11(18-13(15)4-2)8-10-6-5-7-16-10/h3-4,10-11H,1-2,5-9H2. The van der Waals surface area contributed by atoms with E-state index in [4.69, 9.17) is 14.2 Å². The molecular formula is C13H18O5. The van der Waals surface area contributed by atoms with Crippen LogP contribution in [-0.2, 0) is 23.8 Å². The van der Waals surface area contributed by atoms with Gasteiger partial charge in [0.15, 0.2) is 0 Å². The molecule has 5 nitrogen and oxygen atoms in total. The van der Waals surface area contributed by atoms with E-state index in [9.17, 15) is 9.59 Å². The number of hydrogen-bond donors (Lipinski definition) is 0. The van der Waals surface area contributed by atoms with Gasteiger partial charge in [-0.2, -0.15) is 0 Å². The molecular weight excluding hydrogens is 236 g/mol. The molecule has 0 bridgehead atoms. The summed E-state index contributed by atoms with van der Waals surface area (Å²) in [4.78, 5) is 22.1. The van der Waals surface area contributed by atoms with Crippen molar-refractivity contribution in [2.75, 3.05) is 13.2 Å². The molecule has 1 fully saturated rings. The summed E-state index contributed by atoms with van der Waals surface area (Å²) in [6.45, 7) is 7.35. The highest BCUT2D eigenvalue weighted by atomic mass is 16.6. The molecule has 0 spiro atoms. The first kappa shape index (κ1) is 14.4. The number of esters is 2. The quantitative estimate of drug-likeness (QED) is 0.507. The Hall–Kier alpha value is -1.62. The summed E-state index contributed by atoms with van der Waals surface area (Å²) in [6.07, 6.45) is 4.13. The average molecular weight is 254 g/mol. The minimum absolute atomic E-state index is 0.00426. The van der Waals surface area contributed by atoms with Gasteiger partial charge >= 0.3 is 11.9 Å². The maximum absolute atomic E-state index is 11.2. The lowest BCUT2D eigenvalue weighted by Crippen LogP contribution is -2.28. The van der Waals surface area contributed by atoms with E-state index >= 15 is 0 Å². The first-order valence-electron chi connectivity index (χ1n) is 5.89. The van der Waals surface area contributed by atoms with Crippen molar-refractivity contribution in [3.8, 4) is 0 Å². The van der Waals surface area contributed by atoms with Crippen LogP contribution < -0.4 is 0 Å². The first-order valence-corrected chi connectivity index (χ1v) is 5.89. The van der Waals surface area contributed by atoms with E-state index in [1.54, 1.807) is 0 Å². The Balaban J connectivity index is 2.44. The minimum atomic E-state index is -0.540. The molecule has 1 rings (SSSR count). The lowest BCUT2D eigenvalue weighted by atomic mass is 10.1. The van der Waals surface area contributed by atoms with Gasteiger partial charge in [0.1, 0.15) is 12.7 Å². The van der Waals surface area contributed by atoms with Crippen molar-refractivity contribution in [2.45, 2.75) is 31.5 Å². The second-order valence-electron chi connectivity index (χ2n) is 3.97. The van der Waals surface area contributed by atoms with Gasteiger partial charge in [0.05, 0.1) is 6.10 Å². The van der Waals surface area contributed by atoms with Crippen molar-refractivity contribution in [1.82, 2.24) is 0 Å². The van der Waals surface area contributed by atoms with Crippen LogP contribution in [0, 0.1) is 0 Å². The van der Waals surface area contributed by atoms with Gasteiger partial charge in [-0.1, -0.05) is 13.2 Å². The fourth-order valence-corrected chi connectivity index (χ4v) is 1.72. The van der Waals surface area contributed by atoms with Crippen LogP contribution in [0.2, 0.25) is 0 Å². The fourth-order valence-electron chi connectivity index (χ4n) is 1.72. The molecule has 0 aromatic heterocycles. The third-order valence-corrected chi connectivity index (χ3v) is 2.58. The largest absolute Gasteiger partial charge is 0.459 e. The van der Waals surface area contributed by atoms with E-state index in [2.05, 4.69) is 13.2 Å². The lowest BCUT2D eigenvalue weighted by Gasteiger charge is -2.19. The van der Waals surface area contributed by atoms with Crippen molar-refractivity contribution in [2.24, 2.45) is 0 Å². The van der Waals surface area contributed by atoms with Crippen LogP contribution in [0.25, 0.3) is 0 Å². The summed E-state index contributed by atoms with van der Waals surface area (Å²) in [6, 6.07) is 0. The van der Waals surface area contributed by atoms with E-state index in [1.807, 2.05) is 0 Å². The van der Waals surface area contributed by atoms with E-state index in [-0.39, 0.29) is 12.7 Å². The molecule has 0 aromatic rings. The Morgan fingerprint density at radius 1 is 1.33 bits per heavy atom. The van der Waals surface area contributed by atoms with Crippen molar-refractivity contribution < 1.29 is 23.8 Å². The first-order chi connectivity index (χ1) is 8.65. The van der Waals surface area contributed by atoms with Crippen LogP contribution in [0.15, 0.2) is 25.3 Å². The highest BCUT2D eigenvalue weighted by Crippen LogP contribution is 2.18. The van der Waals surface area contributed by atoms with Crippen LogP contribution in [-0.4, -0.2) is 37.4 Å². The molecule has 5 heteroatoms. The Morgan fingerprint density at radius 2 is 2.06 bits per heavy atom. The van der Waals surface area contributed by atoms with E-state index in [1.165, 1.54) is 0 Å². The molecule has 0 N–H and O–H groups in total. The Kier molecular flexibility index (Phi) is 6.14. The Labute approximate surface area is 106 Å². The predicted molar refractivity (Wildman–Crippen MR) is 64.8 cm³/mol. The molecule has 0 aliphatic carbocycles. The molecule has 1 heterocycles. The molecule has 1 saturated heterocycles. The second kappa shape index (κ2) is 7.66. The number of rotatable bonds is 7. The number of ether oxygens (including phenoxy) is 3. The van der Waals surface area contributed by atoms with Crippen LogP contribution in [0.5, 0.6) is 0 Å². The monoisotopic (exact) mass is 254 g/mol. The van der Waals surface area contributed by atoms with E-state index < -0.39 is 18.0 Å². The van der Waals surface area contributed by atoms with Crippen molar-refractivity contribution >= 4 is 11.9 Å². The van der Waals surface area contributed by atoms with Gasteiger partial charge in [-0.25, -0.2) is 9.59 Å². The fraction of sp³-hybridized carbons (Fsp3) is 0.538. The lowest BCUT2D eigenvalue weighted by molar-refractivity contribution is -0.154. The molecule has 0 amide bonds. The molecule has 1 aliphatic heterocycles. The van der Waals surface area contributed by atoms with Gasteiger partial charge in [0.25, 0.3) is 0 Å². The molecule has 0 radical (unpaired) electrons.